The molecule has 3 aromatic rings. The van der Waals surface area contributed by atoms with E-state index in [1.54, 1.807) is 22.7 Å². The summed E-state index contributed by atoms with van der Waals surface area (Å²) in [6.07, 6.45) is 0. The molecule has 1 unspecified atom stereocenters. The molecule has 0 aliphatic carbocycles. The number of fused-ring (bicyclic) bond motifs is 3. The number of aliphatic carboxylic acids is 1. The molecular weight excluding hydrogens is 310 g/mol. The third-order valence-corrected chi connectivity index (χ3v) is 4.98. The van der Waals surface area contributed by atoms with Gasteiger partial charge in [-0.15, -0.1) is 22.7 Å². The van der Waals surface area contributed by atoms with Gasteiger partial charge in [-0.2, -0.15) is 0 Å². The number of carboxylic acid groups (broad SMARTS) is 1. The molecule has 0 aliphatic rings. The minimum atomic E-state index is -1.92. The van der Waals surface area contributed by atoms with Crippen molar-refractivity contribution in [3.8, 4) is 5.75 Å². The molecule has 2 N–H and O–H groups in total. The van der Waals surface area contributed by atoms with Crippen LogP contribution in [-0.2, 0) is 4.79 Å². The summed E-state index contributed by atoms with van der Waals surface area (Å²) in [7, 11) is 0. The molecule has 1 aromatic carbocycles. The molecule has 5 nitrogen and oxygen atoms in total. The van der Waals surface area contributed by atoms with Crippen molar-refractivity contribution in [2.45, 2.75) is 19.4 Å². The molecule has 2 heterocycles. The largest absolute Gasteiger partial charge is 0.489 e. The Morgan fingerprint density at radius 2 is 2.29 bits per heavy atom. The maximum Gasteiger partial charge on any atom is 0.339 e. The van der Waals surface area contributed by atoms with Crippen LogP contribution in [0.2, 0.25) is 0 Å². The van der Waals surface area contributed by atoms with E-state index in [0.29, 0.717) is 5.75 Å². The van der Waals surface area contributed by atoms with E-state index < -0.39 is 11.6 Å². The fraction of sp³-hybridized carbons (Fsp3) is 0.286. The topological polar surface area (TPSA) is 79.7 Å². The molecular formula is C14H13NO4S2. The van der Waals surface area contributed by atoms with Gasteiger partial charge in [0.2, 0.25) is 0 Å². The summed E-state index contributed by atoms with van der Waals surface area (Å²) in [5, 5.41) is 22.5. The van der Waals surface area contributed by atoms with E-state index in [1.807, 2.05) is 24.4 Å². The first kappa shape index (κ1) is 14.2. The Kier molecular flexibility index (Phi) is 3.35. The molecule has 1 atom stereocenters. The number of aliphatic hydroxyl groups is 1. The fourth-order valence-corrected chi connectivity index (χ4v) is 3.82. The number of thiophene rings is 1. The Balaban J connectivity index is 2.04. The van der Waals surface area contributed by atoms with Crippen LogP contribution in [0, 0.1) is 6.92 Å². The zero-order chi connectivity index (χ0) is 15.2. The summed E-state index contributed by atoms with van der Waals surface area (Å²) in [6.45, 7) is 2.85. The number of ether oxygens (including phenoxy) is 1. The summed E-state index contributed by atoms with van der Waals surface area (Å²) < 4.78 is 7.58. The van der Waals surface area contributed by atoms with Gasteiger partial charge in [-0.25, -0.2) is 9.78 Å². The van der Waals surface area contributed by atoms with Crippen molar-refractivity contribution in [3.63, 3.8) is 0 Å². The molecule has 21 heavy (non-hydrogen) atoms. The molecule has 2 aromatic heterocycles. The highest BCUT2D eigenvalue weighted by molar-refractivity contribution is 7.21. The quantitative estimate of drug-likeness (QED) is 0.771. The normalized spacial score (nSPS) is 14.4. The van der Waals surface area contributed by atoms with Gasteiger partial charge in [-0.05, 0) is 25.3 Å². The maximum absolute atomic E-state index is 10.9. The van der Waals surface area contributed by atoms with Crippen LogP contribution in [0.3, 0.4) is 0 Å². The van der Waals surface area contributed by atoms with Crippen LogP contribution in [0.1, 0.15) is 11.9 Å². The van der Waals surface area contributed by atoms with E-state index in [0.717, 1.165) is 25.3 Å². The molecule has 0 fully saturated rings. The van der Waals surface area contributed by atoms with Crippen LogP contribution >= 0.6 is 22.7 Å². The van der Waals surface area contributed by atoms with Crippen molar-refractivity contribution in [3.05, 3.63) is 22.5 Å². The van der Waals surface area contributed by atoms with E-state index >= 15 is 0 Å². The number of aromatic nitrogens is 1. The van der Waals surface area contributed by atoms with Crippen LogP contribution in [-0.4, -0.2) is 33.4 Å². The second-order valence-corrected chi connectivity index (χ2v) is 7.14. The van der Waals surface area contributed by atoms with Crippen LogP contribution in [0.15, 0.2) is 17.5 Å². The first-order chi connectivity index (χ1) is 9.88. The molecule has 0 amide bonds. The van der Waals surface area contributed by atoms with Crippen LogP contribution in [0.5, 0.6) is 5.75 Å². The maximum atomic E-state index is 10.9. The van der Waals surface area contributed by atoms with E-state index in [1.165, 1.54) is 6.92 Å². The van der Waals surface area contributed by atoms with Gasteiger partial charge in [0, 0.05) is 11.5 Å². The minimum Gasteiger partial charge on any atom is -0.489 e. The second kappa shape index (κ2) is 4.94. The molecule has 0 spiro atoms. The first-order valence-electron chi connectivity index (χ1n) is 6.24. The Morgan fingerprint density at radius 3 is 3.00 bits per heavy atom. The van der Waals surface area contributed by atoms with Crippen LogP contribution in [0.25, 0.3) is 20.3 Å². The predicted molar refractivity (Wildman–Crippen MR) is 83.5 cm³/mol. The standard InChI is InChI=1S/C14H13NO4S2/c1-7-15-11-10(21-7)5-9(8-3-4-20-12(8)11)19-6-14(2,18)13(16)17/h3-5,18H,6H2,1-2H3,(H,16,17). The smallest absolute Gasteiger partial charge is 0.339 e. The lowest BCUT2D eigenvalue weighted by molar-refractivity contribution is -0.159. The predicted octanol–water partition coefficient (Wildman–Crippen LogP) is 3.03. The fourth-order valence-electron chi connectivity index (χ4n) is 1.99. The van der Waals surface area contributed by atoms with E-state index in [2.05, 4.69) is 4.98 Å². The zero-order valence-corrected chi connectivity index (χ0v) is 13.0. The van der Waals surface area contributed by atoms with Crippen molar-refractivity contribution in [2.24, 2.45) is 0 Å². The van der Waals surface area contributed by atoms with Crippen molar-refractivity contribution in [2.75, 3.05) is 6.61 Å². The molecule has 7 heteroatoms. The van der Waals surface area contributed by atoms with Crippen LogP contribution < -0.4 is 4.74 Å². The third kappa shape index (κ3) is 2.48. The highest BCUT2D eigenvalue weighted by Gasteiger charge is 2.31. The van der Waals surface area contributed by atoms with Gasteiger partial charge < -0.3 is 14.9 Å². The van der Waals surface area contributed by atoms with Gasteiger partial charge in [0.15, 0.2) is 5.60 Å². The third-order valence-electron chi connectivity index (χ3n) is 3.14. The average Bonchev–Trinajstić information content (AvgIpc) is 3.00. The number of aryl methyl sites for hydroxylation is 1. The molecule has 110 valence electrons. The summed E-state index contributed by atoms with van der Waals surface area (Å²) >= 11 is 3.13. The highest BCUT2D eigenvalue weighted by Crippen LogP contribution is 2.39. The number of thiazole rings is 1. The van der Waals surface area contributed by atoms with Crippen molar-refractivity contribution in [1.82, 2.24) is 4.98 Å². The lowest BCUT2D eigenvalue weighted by Gasteiger charge is -2.18. The molecule has 0 bridgehead atoms. The van der Waals surface area contributed by atoms with Gasteiger partial charge in [0.25, 0.3) is 0 Å². The number of benzene rings is 1. The van der Waals surface area contributed by atoms with E-state index in [9.17, 15) is 9.90 Å². The Labute approximate surface area is 128 Å². The van der Waals surface area contributed by atoms with Gasteiger partial charge in [-0.1, -0.05) is 0 Å². The lowest BCUT2D eigenvalue weighted by atomic mass is 10.1. The summed E-state index contributed by atoms with van der Waals surface area (Å²) in [5.74, 6) is -0.734. The Morgan fingerprint density at radius 1 is 1.52 bits per heavy atom. The summed E-state index contributed by atoms with van der Waals surface area (Å²) in [4.78, 5) is 15.5. The van der Waals surface area contributed by atoms with Gasteiger partial charge >= 0.3 is 5.97 Å². The SMILES string of the molecule is Cc1nc2c(cc(OCC(C)(O)C(=O)O)c3ccsc32)s1. The Hall–Kier alpha value is -1.70. The van der Waals surface area contributed by atoms with E-state index in [4.69, 9.17) is 9.84 Å². The number of carbonyl (C=O) groups is 1. The number of nitrogens with zero attached hydrogens (tertiary/aromatic N) is 1. The molecule has 3 rings (SSSR count). The summed E-state index contributed by atoms with van der Waals surface area (Å²) in [5.41, 5.74) is -0.971. The van der Waals surface area contributed by atoms with Crippen LogP contribution in [0.4, 0.5) is 0 Å². The monoisotopic (exact) mass is 323 g/mol. The summed E-state index contributed by atoms with van der Waals surface area (Å²) in [6, 6.07) is 3.77. The molecule has 0 saturated heterocycles. The van der Waals surface area contributed by atoms with Crippen molar-refractivity contribution in [1.29, 1.82) is 0 Å². The number of rotatable bonds is 4. The Bertz CT molecular complexity index is 834. The molecule has 0 radical (unpaired) electrons. The minimum absolute atomic E-state index is 0.309. The first-order valence-corrected chi connectivity index (χ1v) is 7.94. The van der Waals surface area contributed by atoms with Crippen molar-refractivity contribution < 1.29 is 19.7 Å². The van der Waals surface area contributed by atoms with Gasteiger partial charge in [-0.3, -0.25) is 0 Å². The number of carboxylic acids is 1. The zero-order valence-electron chi connectivity index (χ0n) is 11.4. The molecule has 0 saturated carbocycles. The number of hydrogen-bond acceptors (Lipinski definition) is 6. The lowest BCUT2D eigenvalue weighted by Crippen LogP contribution is -2.41. The van der Waals surface area contributed by atoms with Gasteiger partial charge in [0.1, 0.15) is 12.4 Å². The highest BCUT2D eigenvalue weighted by atomic mass is 32.1. The second-order valence-electron chi connectivity index (χ2n) is 4.99. The van der Waals surface area contributed by atoms with Crippen molar-refractivity contribution >= 4 is 48.9 Å². The molecule has 0 aliphatic heterocycles. The van der Waals surface area contributed by atoms with Gasteiger partial charge in [0.05, 0.1) is 19.9 Å². The average molecular weight is 323 g/mol. The number of hydrogen-bond donors (Lipinski definition) is 2. The van der Waals surface area contributed by atoms with E-state index in [-0.39, 0.29) is 6.61 Å².